The summed E-state index contributed by atoms with van der Waals surface area (Å²) in [4.78, 5) is 16.1. The molecule has 0 radical (unpaired) electrons. The van der Waals surface area contributed by atoms with Crippen LogP contribution in [0.1, 0.15) is 49.0 Å². The number of carbonyl (C=O) groups excluding carboxylic acids is 1. The average molecular weight is 491 g/mol. The van der Waals surface area contributed by atoms with Crippen LogP contribution in [0.25, 0.3) is 0 Å². The van der Waals surface area contributed by atoms with Gasteiger partial charge in [0.1, 0.15) is 0 Å². The molecule has 0 aliphatic carbocycles. The summed E-state index contributed by atoms with van der Waals surface area (Å²) < 4.78 is 4.71. The van der Waals surface area contributed by atoms with Gasteiger partial charge in [0.2, 0.25) is 0 Å². The normalized spacial score (nSPS) is 12.1. The van der Waals surface area contributed by atoms with Gasteiger partial charge in [-0.25, -0.2) is 4.79 Å². The van der Waals surface area contributed by atoms with Crippen LogP contribution >= 0.6 is 24.0 Å². The number of ether oxygens (including phenoxy) is 1. The van der Waals surface area contributed by atoms with E-state index in [1.807, 2.05) is 19.1 Å². The number of nitrogens with zero attached hydrogens (tertiary/aromatic N) is 1. The van der Waals surface area contributed by atoms with Gasteiger partial charge in [0, 0.05) is 26.2 Å². The van der Waals surface area contributed by atoms with Gasteiger partial charge < -0.3 is 20.5 Å². The van der Waals surface area contributed by atoms with E-state index in [0.29, 0.717) is 11.5 Å². The number of carbonyl (C=O) groups is 1. The van der Waals surface area contributed by atoms with E-state index in [1.54, 1.807) is 12.1 Å². The van der Waals surface area contributed by atoms with Gasteiger partial charge >= 0.3 is 5.97 Å². The second kappa shape index (κ2) is 15.7. The number of hydrogen-bond donors (Lipinski definition) is 3. The van der Waals surface area contributed by atoms with Crippen LogP contribution in [0.15, 0.2) is 29.3 Å². The van der Waals surface area contributed by atoms with Crippen molar-refractivity contribution in [2.45, 2.75) is 39.5 Å². The van der Waals surface area contributed by atoms with Crippen LogP contribution in [-0.4, -0.2) is 50.4 Å². The third-order valence-corrected chi connectivity index (χ3v) is 4.17. The first-order chi connectivity index (χ1) is 12.6. The number of rotatable bonds is 11. The number of hydrogen-bond acceptors (Lipinski definition) is 4. The molecule has 0 aromatic heterocycles. The Labute approximate surface area is 180 Å². The number of aliphatic hydroxyl groups excluding tert-OH is 1. The highest BCUT2D eigenvalue weighted by atomic mass is 127. The van der Waals surface area contributed by atoms with Gasteiger partial charge in [-0.3, -0.25) is 4.99 Å². The van der Waals surface area contributed by atoms with Crippen LogP contribution in [0.5, 0.6) is 0 Å². The van der Waals surface area contributed by atoms with Crippen molar-refractivity contribution in [2.24, 2.45) is 10.9 Å². The number of benzene rings is 1. The zero-order valence-corrected chi connectivity index (χ0v) is 19.0. The Morgan fingerprint density at radius 3 is 2.44 bits per heavy atom. The molecule has 1 unspecified atom stereocenters. The van der Waals surface area contributed by atoms with E-state index in [2.05, 4.69) is 22.5 Å². The molecule has 0 aliphatic rings. The van der Waals surface area contributed by atoms with E-state index in [0.717, 1.165) is 56.8 Å². The number of aliphatic hydroxyl groups is 1. The van der Waals surface area contributed by atoms with Crippen molar-refractivity contribution in [1.82, 2.24) is 10.6 Å². The lowest BCUT2D eigenvalue weighted by Crippen LogP contribution is -2.38. The van der Waals surface area contributed by atoms with Gasteiger partial charge in [0.15, 0.2) is 5.96 Å². The topological polar surface area (TPSA) is 83.0 Å². The third kappa shape index (κ3) is 10.5. The van der Waals surface area contributed by atoms with E-state index in [9.17, 15) is 4.79 Å². The lowest BCUT2D eigenvalue weighted by molar-refractivity contribution is 0.0600. The standard InChI is InChI=1S/C20H33N3O3.HI/c1-4-6-17(12-14-24)15-23-20(21-5-2)22-13-11-16-7-9-18(10-8-16)19(25)26-3;/h7-10,17,24H,4-6,11-15H2,1-3H3,(H2,21,22,23);1H. The molecule has 1 rings (SSSR count). The molecule has 27 heavy (non-hydrogen) atoms. The van der Waals surface area contributed by atoms with Gasteiger partial charge in [-0.2, -0.15) is 0 Å². The quantitative estimate of drug-likeness (QED) is 0.192. The fourth-order valence-electron chi connectivity index (χ4n) is 2.73. The number of esters is 1. The van der Waals surface area contributed by atoms with Crippen molar-refractivity contribution in [2.75, 3.05) is 33.4 Å². The molecule has 0 amide bonds. The Morgan fingerprint density at radius 1 is 1.19 bits per heavy atom. The molecule has 0 spiro atoms. The van der Waals surface area contributed by atoms with E-state index in [-0.39, 0.29) is 36.6 Å². The van der Waals surface area contributed by atoms with Crippen molar-refractivity contribution in [3.63, 3.8) is 0 Å². The van der Waals surface area contributed by atoms with Crippen molar-refractivity contribution < 1.29 is 14.6 Å². The molecule has 1 atom stereocenters. The first-order valence-electron chi connectivity index (χ1n) is 9.44. The monoisotopic (exact) mass is 491 g/mol. The zero-order chi connectivity index (χ0) is 19.2. The van der Waals surface area contributed by atoms with Crippen LogP contribution in [0, 0.1) is 5.92 Å². The Hall–Kier alpha value is -1.35. The molecule has 0 fully saturated rings. The molecule has 0 aliphatic heterocycles. The molecule has 0 heterocycles. The van der Waals surface area contributed by atoms with Crippen molar-refractivity contribution >= 4 is 35.9 Å². The lowest BCUT2D eigenvalue weighted by atomic mass is 10.0. The summed E-state index contributed by atoms with van der Waals surface area (Å²) in [5.41, 5.74) is 1.70. The number of methoxy groups -OCH3 is 1. The number of halogens is 1. The Kier molecular flexibility index (Phi) is 14.9. The van der Waals surface area contributed by atoms with Crippen LogP contribution in [0.4, 0.5) is 0 Å². The fourth-order valence-corrected chi connectivity index (χ4v) is 2.73. The minimum absolute atomic E-state index is 0. The van der Waals surface area contributed by atoms with Crippen molar-refractivity contribution in [3.05, 3.63) is 35.4 Å². The highest BCUT2D eigenvalue weighted by Crippen LogP contribution is 2.11. The Bertz CT molecular complexity index is 544. The minimum atomic E-state index is -0.319. The van der Waals surface area contributed by atoms with Crippen LogP contribution in [-0.2, 0) is 11.2 Å². The molecular formula is C20H34IN3O3. The molecule has 1 aromatic carbocycles. The molecule has 0 saturated heterocycles. The third-order valence-electron chi connectivity index (χ3n) is 4.17. The van der Waals surface area contributed by atoms with Crippen LogP contribution in [0.2, 0.25) is 0 Å². The maximum atomic E-state index is 11.4. The predicted molar refractivity (Wildman–Crippen MR) is 121 cm³/mol. The second-order valence-corrected chi connectivity index (χ2v) is 6.25. The second-order valence-electron chi connectivity index (χ2n) is 6.25. The summed E-state index contributed by atoms with van der Waals surface area (Å²) >= 11 is 0. The van der Waals surface area contributed by atoms with Gasteiger partial charge in [-0.1, -0.05) is 25.5 Å². The molecule has 7 heteroatoms. The maximum absolute atomic E-state index is 11.4. The van der Waals surface area contributed by atoms with Gasteiger partial charge in [-0.05, 0) is 49.8 Å². The minimum Gasteiger partial charge on any atom is -0.465 e. The highest BCUT2D eigenvalue weighted by molar-refractivity contribution is 14.0. The van der Waals surface area contributed by atoms with E-state index in [4.69, 9.17) is 9.84 Å². The molecule has 1 aromatic rings. The molecule has 154 valence electrons. The van der Waals surface area contributed by atoms with Crippen LogP contribution in [0.3, 0.4) is 0 Å². The number of guanidine groups is 1. The SMILES string of the molecule is CCCC(CCO)CN=C(NCC)NCCc1ccc(C(=O)OC)cc1.I. The first-order valence-corrected chi connectivity index (χ1v) is 9.44. The van der Waals surface area contributed by atoms with Gasteiger partial charge in [0.25, 0.3) is 0 Å². The van der Waals surface area contributed by atoms with E-state index >= 15 is 0 Å². The average Bonchev–Trinajstić information content (AvgIpc) is 2.66. The number of nitrogens with one attached hydrogen (secondary N) is 2. The molecular weight excluding hydrogens is 457 g/mol. The Balaban J connectivity index is 0.00000676. The maximum Gasteiger partial charge on any atom is 0.337 e. The Morgan fingerprint density at radius 2 is 1.89 bits per heavy atom. The predicted octanol–water partition coefficient (Wildman–Crippen LogP) is 2.99. The summed E-state index contributed by atoms with van der Waals surface area (Å²) in [6, 6.07) is 7.45. The molecule has 3 N–H and O–H groups in total. The summed E-state index contributed by atoms with van der Waals surface area (Å²) in [6.07, 6.45) is 3.81. The summed E-state index contributed by atoms with van der Waals surface area (Å²) in [6.45, 7) is 6.69. The van der Waals surface area contributed by atoms with E-state index < -0.39 is 0 Å². The fraction of sp³-hybridized carbons (Fsp3) is 0.600. The number of aliphatic imine (C=N–C) groups is 1. The summed E-state index contributed by atoms with van der Waals surface area (Å²) in [5, 5.41) is 15.8. The van der Waals surface area contributed by atoms with Gasteiger partial charge in [0.05, 0.1) is 12.7 Å². The van der Waals surface area contributed by atoms with Crippen molar-refractivity contribution in [3.8, 4) is 0 Å². The first kappa shape index (κ1) is 25.6. The lowest BCUT2D eigenvalue weighted by Gasteiger charge is -2.15. The summed E-state index contributed by atoms with van der Waals surface area (Å²) in [5.74, 6) is 0.907. The smallest absolute Gasteiger partial charge is 0.337 e. The molecule has 0 bridgehead atoms. The largest absolute Gasteiger partial charge is 0.465 e. The van der Waals surface area contributed by atoms with E-state index in [1.165, 1.54) is 7.11 Å². The summed E-state index contributed by atoms with van der Waals surface area (Å²) in [7, 11) is 1.38. The zero-order valence-electron chi connectivity index (χ0n) is 16.7. The van der Waals surface area contributed by atoms with Gasteiger partial charge in [-0.15, -0.1) is 24.0 Å². The van der Waals surface area contributed by atoms with Crippen molar-refractivity contribution in [1.29, 1.82) is 0 Å². The highest BCUT2D eigenvalue weighted by Gasteiger charge is 2.08. The molecule has 6 nitrogen and oxygen atoms in total. The molecule has 0 saturated carbocycles. The van der Waals surface area contributed by atoms with Crippen LogP contribution < -0.4 is 10.6 Å².